The molecule has 1 rings (SSSR count). The lowest BCUT2D eigenvalue weighted by atomic mass is 10.5. The maximum Gasteiger partial charge on any atom is 0.0411 e. The van der Waals surface area contributed by atoms with Gasteiger partial charge in [-0.2, -0.15) is 0 Å². The van der Waals surface area contributed by atoms with Crippen molar-refractivity contribution in [3.05, 3.63) is 40.6 Å². The van der Waals surface area contributed by atoms with Gasteiger partial charge in [-0.1, -0.05) is 0 Å². The average molecular weight is 265 g/mol. The van der Waals surface area contributed by atoms with Crippen LogP contribution in [0.5, 0.6) is 0 Å². The molecule has 0 fully saturated rings. The van der Waals surface area contributed by atoms with Crippen LogP contribution in [-0.4, -0.2) is 4.98 Å². The van der Waals surface area contributed by atoms with Crippen molar-refractivity contribution in [1.82, 2.24) is 4.98 Å². The SMILES string of the molecule is Brc1cncc(Br)c1.C=C. The molecule has 0 amide bonds. The highest BCUT2D eigenvalue weighted by molar-refractivity contribution is 9.11. The fourth-order valence-electron chi connectivity index (χ4n) is 0.386. The topological polar surface area (TPSA) is 12.9 Å². The van der Waals surface area contributed by atoms with Gasteiger partial charge in [-0.15, -0.1) is 13.2 Å². The van der Waals surface area contributed by atoms with Crippen molar-refractivity contribution < 1.29 is 0 Å². The van der Waals surface area contributed by atoms with Gasteiger partial charge in [0.25, 0.3) is 0 Å². The monoisotopic (exact) mass is 263 g/mol. The number of hydrogen-bond acceptors (Lipinski definition) is 1. The Kier molecular flexibility index (Phi) is 5.54. The van der Waals surface area contributed by atoms with E-state index in [9.17, 15) is 0 Å². The predicted molar refractivity (Wildman–Crippen MR) is 50.9 cm³/mol. The van der Waals surface area contributed by atoms with Crippen molar-refractivity contribution in [2.24, 2.45) is 0 Å². The third-order valence-corrected chi connectivity index (χ3v) is 1.54. The maximum absolute atomic E-state index is 3.89. The molecule has 0 aliphatic carbocycles. The van der Waals surface area contributed by atoms with Crippen molar-refractivity contribution in [1.29, 1.82) is 0 Å². The van der Waals surface area contributed by atoms with Crippen LogP contribution in [0.1, 0.15) is 0 Å². The fourth-order valence-corrected chi connectivity index (χ4v) is 1.42. The Balaban J connectivity index is 0.000000371. The second kappa shape index (κ2) is 5.62. The van der Waals surface area contributed by atoms with Crippen LogP contribution in [0.15, 0.2) is 40.6 Å². The maximum atomic E-state index is 3.89. The molecule has 0 aliphatic heterocycles. The number of aromatic nitrogens is 1. The average Bonchev–Trinajstić information content (AvgIpc) is 1.91. The number of pyridine rings is 1. The third kappa shape index (κ3) is 3.80. The Hall–Kier alpha value is -0.150. The van der Waals surface area contributed by atoms with Crippen LogP contribution in [0, 0.1) is 0 Å². The van der Waals surface area contributed by atoms with Gasteiger partial charge < -0.3 is 0 Å². The Morgan fingerprint density at radius 1 is 1.10 bits per heavy atom. The van der Waals surface area contributed by atoms with Crippen molar-refractivity contribution in [3.63, 3.8) is 0 Å². The Labute approximate surface area is 77.4 Å². The number of rotatable bonds is 0. The summed E-state index contributed by atoms with van der Waals surface area (Å²) in [5.74, 6) is 0. The molecule has 0 aliphatic rings. The fraction of sp³-hybridized carbons (Fsp3) is 0. The molecule has 1 heterocycles. The van der Waals surface area contributed by atoms with Gasteiger partial charge >= 0.3 is 0 Å². The minimum Gasteiger partial charge on any atom is -0.262 e. The van der Waals surface area contributed by atoms with E-state index in [4.69, 9.17) is 0 Å². The number of hydrogen-bond donors (Lipinski definition) is 0. The van der Waals surface area contributed by atoms with E-state index in [2.05, 4.69) is 50.0 Å². The standard InChI is InChI=1S/C5H3Br2N.C2H4/c6-4-1-5(7)3-8-2-4;1-2/h1-3H;1-2H2. The molecule has 10 heavy (non-hydrogen) atoms. The molecule has 0 spiro atoms. The zero-order chi connectivity index (χ0) is 7.98. The van der Waals surface area contributed by atoms with Crippen LogP contribution in [0.3, 0.4) is 0 Å². The summed E-state index contributed by atoms with van der Waals surface area (Å²) in [5.41, 5.74) is 0. The quantitative estimate of drug-likeness (QED) is 0.655. The molecular formula is C7H7Br2N. The van der Waals surface area contributed by atoms with Gasteiger partial charge in [0.1, 0.15) is 0 Å². The zero-order valence-corrected chi connectivity index (χ0v) is 8.52. The molecule has 54 valence electrons. The highest BCUT2D eigenvalue weighted by Crippen LogP contribution is 2.13. The summed E-state index contributed by atoms with van der Waals surface area (Å²) in [6.07, 6.45) is 3.48. The highest BCUT2D eigenvalue weighted by atomic mass is 79.9. The molecular weight excluding hydrogens is 258 g/mol. The molecule has 0 saturated carbocycles. The van der Waals surface area contributed by atoms with Crippen molar-refractivity contribution >= 4 is 31.9 Å². The first kappa shape index (κ1) is 9.85. The first-order chi connectivity index (χ1) is 4.79. The van der Waals surface area contributed by atoms with E-state index in [-0.39, 0.29) is 0 Å². The van der Waals surface area contributed by atoms with Crippen LogP contribution in [0.2, 0.25) is 0 Å². The van der Waals surface area contributed by atoms with Gasteiger partial charge in [0.15, 0.2) is 0 Å². The second-order valence-electron chi connectivity index (χ2n) is 1.32. The molecule has 1 aromatic rings. The summed E-state index contributed by atoms with van der Waals surface area (Å²) < 4.78 is 1.98. The van der Waals surface area contributed by atoms with Gasteiger partial charge in [-0.05, 0) is 37.9 Å². The van der Waals surface area contributed by atoms with E-state index in [1.165, 1.54) is 0 Å². The Morgan fingerprint density at radius 3 is 1.70 bits per heavy atom. The van der Waals surface area contributed by atoms with Crippen molar-refractivity contribution in [3.8, 4) is 0 Å². The number of halogens is 2. The predicted octanol–water partition coefficient (Wildman–Crippen LogP) is 3.41. The first-order valence-corrected chi connectivity index (χ1v) is 4.14. The minimum absolute atomic E-state index is 0.992. The van der Waals surface area contributed by atoms with Gasteiger partial charge in [0.05, 0.1) is 0 Å². The smallest absolute Gasteiger partial charge is 0.0411 e. The van der Waals surface area contributed by atoms with E-state index in [0.29, 0.717) is 0 Å². The summed E-state index contributed by atoms with van der Waals surface area (Å²) in [4.78, 5) is 3.89. The van der Waals surface area contributed by atoms with Crippen LogP contribution >= 0.6 is 31.9 Å². The largest absolute Gasteiger partial charge is 0.262 e. The molecule has 3 heteroatoms. The molecule has 0 unspecified atom stereocenters. The summed E-state index contributed by atoms with van der Waals surface area (Å²) in [5, 5.41) is 0. The third-order valence-electron chi connectivity index (χ3n) is 0.672. The Bertz CT molecular complexity index is 183. The minimum atomic E-state index is 0.992. The molecule has 0 bridgehead atoms. The lowest BCUT2D eigenvalue weighted by Crippen LogP contribution is -1.69. The van der Waals surface area contributed by atoms with Gasteiger partial charge in [0, 0.05) is 21.3 Å². The number of nitrogens with zero attached hydrogens (tertiary/aromatic N) is 1. The summed E-state index contributed by atoms with van der Waals surface area (Å²) in [6.45, 7) is 6.00. The Morgan fingerprint density at radius 2 is 1.50 bits per heavy atom. The molecule has 0 radical (unpaired) electrons. The summed E-state index contributed by atoms with van der Waals surface area (Å²) in [7, 11) is 0. The van der Waals surface area contributed by atoms with Crippen LogP contribution in [0.25, 0.3) is 0 Å². The van der Waals surface area contributed by atoms with E-state index in [0.717, 1.165) is 8.95 Å². The van der Waals surface area contributed by atoms with E-state index >= 15 is 0 Å². The van der Waals surface area contributed by atoms with Crippen LogP contribution in [-0.2, 0) is 0 Å². The van der Waals surface area contributed by atoms with E-state index in [1.807, 2.05) is 6.07 Å². The lowest BCUT2D eigenvalue weighted by molar-refractivity contribution is 1.29. The molecule has 1 aromatic heterocycles. The molecule has 1 nitrogen and oxygen atoms in total. The highest BCUT2D eigenvalue weighted by Gasteiger charge is 1.85. The first-order valence-electron chi connectivity index (χ1n) is 2.55. The van der Waals surface area contributed by atoms with Crippen LogP contribution < -0.4 is 0 Å². The van der Waals surface area contributed by atoms with E-state index in [1.54, 1.807) is 12.4 Å². The van der Waals surface area contributed by atoms with Gasteiger partial charge in [-0.3, -0.25) is 4.98 Å². The van der Waals surface area contributed by atoms with E-state index < -0.39 is 0 Å². The van der Waals surface area contributed by atoms with Crippen molar-refractivity contribution in [2.75, 3.05) is 0 Å². The summed E-state index contributed by atoms with van der Waals surface area (Å²) >= 11 is 6.54. The lowest BCUT2D eigenvalue weighted by Gasteiger charge is -1.86. The zero-order valence-electron chi connectivity index (χ0n) is 5.35. The van der Waals surface area contributed by atoms with Crippen molar-refractivity contribution in [2.45, 2.75) is 0 Å². The molecule has 0 N–H and O–H groups in total. The molecule has 0 saturated heterocycles. The normalized spacial score (nSPS) is 7.80. The van der Waals surface area contributed by atoms with Gasteiger partial charge in [-0.25, -0.2) is 0 Å². The molecule has 0 aromatic carbocycles. The second-order valence-corrected chi connectivity index (χ2v) is 3.15. The van der Waals surface area contributed by atoms with Gasteiger partial charge in [0.2, 0.25) is 0 Å². The van der Waals surface area contributed by atoms with Crippen LogP contribution in [0.4, 0.5) is 0 Å². The summed E-state index contributed by atoms with van der Waals surface area (Å²) in [6, 6.07) is 1.94. The molecule has 0 atom stereocenters.